The van der Waals surface area contributed by atoms with E-state index in [4.69, 9.17) is 0 Å². The molecule has 3 unspecified atom stereocenters. The number of pyridine rings is 1. The van der Waals surface area contributed by atoms with Crippen LogP contribution in [-0.2, 0) is 14.4 Å². The number of aliphatic hydroxyl groups excluding tert-OH is 1. The molecule has 0 fully saturated rings. The highest BCUT2D eigenvalue weighted by Gasteiger charge is 2.42. The summed E-state index contributed by atoms with van der Waals surface area (Å²) >= 11 is 0. The lowest BCUT2D eigenvalue weighted by molar-refractivity contribution is -0.144. The minimum absolute atomic E-state index is 0.0359. The molecule has 1 aromatic rings. The highest BCUT2D eigenvalue weighted by Crippen LogP contribution is 2.40. The number of nitrogens with zero attached hydrogens (tertiary/aromatic N) is 2. The Morgan fingerprint density at radius 2 is 2.00 bits per heavy atom. The van der Waals surface area contributed by atoms with Crippen LogP contribution in [0.3, 0.4) is 0 Å². The van der Waals surface area contributed by atoms with Gasteiger partial charge in [-0.1, -0.05) is 30.4 Å². The average molecular weight is 466 g/mol. The van der Waals surface area contributed by atoms with Crippen LogP contribution in [0.2, 0.25) is 0 Å². The van der Waals surface area contributed by atoms with E-state index in [1.54, 1.807) is 18.2 Å². The van der Waals surface area contributed by atoms with Crippen LogP contribution < -0.4 is 15.5 Å². The molecular formula is C22H25F3N4O4. The summed E-state index contributed by atoms with van der Waals surface area (Å²) in [5, 5.41) is 14.4. The summed E-state index contributed by atoms with van der Waals surface area (Å²) in [5.41, 5.74) is 0.759. The number of carbonyl (C=O) groups excluding carboxylic acids is 3. The van der Waals surface area contributed by atoms with Crippen molar-refractivity contribution in [1.82, 2.24) is 15.6 Å². The highest BCUT2D eigenvalue weighted by molar-refractivity contribution is 6.01. The van der Waals surface area contributed by atoms with Gasteiger partial charge in [-0.05, 0) is 13.0 Å². The summed E-state index contributed by atoms with van der Waals surface area (Å²) in [4.78, 5) is 43.7. The van der Waals surface area contributed by atoms with E-state index in [0.717, 1.165) is 5.56 Å². The standard InChI is InChI=1S/C22H25F3N4O4/c1-13(27-17(31)8-9-22(23,24)25)20(32)28-18-15-6-3-2-5-14(15)16-7-4-10-26-19(16)29(11-12-30)21(18)33/h2-7,10,13-15,18,30H,8-9,11-12H2,1H3,(H,27,31)(H,28,32)/t13-,14?,15?,18?/m1/s1. The predicted molar refractivity (Wildman–Crippen MR) is 113 cm³/mol. The number of alkyl halides is 3. The van der Waals surface area contributed by atoms with Crippen LogP contribution in [0.4, 0.5) is 19.0 Å². The van der Waals surface area contributed by atoms with Crippen molar-refractivity contribution in [3.8, 4) is 0 Å². The van der Waals surface area contributed by atoms with E-state index in [1.807, 2.05) is 18.2 Å². The monoisotopic (exact) mass is 466 g/mol. The van der Waals surface area contributed by atoms with Crippen LogP contribution in [0.25, 0.3) is 0 Å². The SMILES string of the molecule is C[C@@H](NC(=O)CCC(F)(F)F)C(=O)NC1C(=O)N(CCO)c2ncccc2C2C=CC=CC12. The third-order valence-electron chi connectivity index (χ3n) is 5.55. The summed E-state index contributed by atoms with van der Waals surface area (Å²) in [6.45, 7) is 0.971. The lowest BCUT2D eigenvalue weighted by Crippen LogP contribution is -2.56. The van der Waals surface area contributed by atoms with E-state index in [2.05, 4.69) is 15.6 Å². The first kappa shape index (κ1) is 24.4. The molecular weight excluding hydrogens is 441 g/mol. The van der Waals surface area contributed by atoms with E-state index in [1.165, 1.54) is 18.0 Å². The molecule has 1 aliphatic carbocycles. The molecule has 0 saturated heterocycles. The number of aliphatic hydroxyl groups is 1. The molecule has 3 rings (SSSR count). The fraction of sp³-hybridized carbons (Fsp3) is 0.455. The molecule has 4 atom stereocenters. The minimum atomic E-state index is -4.48. The summed E-state index contributed by atoms with van der Waals surface area (Å²) < 4.78 is 37.0. The van der Waals surface area contributed by atoms with Crippen LogP contribution in [0.5, 0.6) is 0 Å². The molecule has 2 heterocycles. The smallest absolute Gasteiger partial charge is 0.389 e. The van der Waals surface area contributed by atoms with Crippen LogP contribution in [0.15, 0.2) is 42.6 Å². The summed E-state index contributed by atoms with van der Waals surface area (Å²) in [6, 6.07) is 1.37. The Hall–Kier alpha value is -3.21. The Balaban J connectivity index is 1.81. The fourth-order valence-corrected chi connectivity index (χ4v) is 3.97. The number of hydrogen-bond acceptors (Lipinski definition) is 5. The average Bonchev–Trinajstić information content (AvgIpc) is 2.87. The number of hydrogen-bond donors (Lipinski definition) is 3. The zero-order valence-electron chi connectivity index (χ0n) is 17.9. The number of nitrogens with one attached hydrogen (secondary N) is 2. The molecule has 0 bridgehead atoms. The predicted octanol–water partition coefficient (Wildman–Crippen LogP) is 1.58. The van der Waals surface area contributed by atoms with Crippen molar-refractivity contribution in [3.63, 3.8) is 0 Å². The fourth-order valence-electron chi connectivity index (χ4n) is 3.97. The molecule has 3 amide bonds. The Morgan fingerprint density at radius 3 is 2.70 bits per heavy atom. The molecule has 0 spiro atoms. The minimum Gasteiger partial charge on any atom is -0.395 e. The number of halogens is 3. The van der Waals surface area contributed by atoms with Gasteiger partial charge in [-0.3, -0.25) is 19.3 Å². The first-order valence-electron chi connectivity index (χ1n) is 10.5. The van der Waals surface area contributed by atoms with E-state index in [0.29, 0.717) is 5.82 Å². The third-order valence-corrected chi connectivity index (χ3v) is 5.55. The molecule has 11 heteroatoms. The molecule has 8 nitrogen and oxygen atoms in total. The lowest BCUT2D eigenvalue weighted by Gasteiger charge is -2.30. The number of carbonyl (C=O) groups is 3. The molecule has 33 heavy (non-hydrogen) atoms. The van der Waals surface area contributed by atoms with Gasteiger partial charge in [0.15, 0.2) is 0 Å². The molecule has 0 radical (unpaired) electrons. The number of rotatable bonds is 7. The quantitative estimate of drug-likeness (QED) is 0.565. The van der Waals surface area contributed by atoms with Gasteiger partial charge >= 0.3 is 6.18 Å². The zero-order valence-corrected chi connectivity index (χ0v) is 17.9. The summed E-state index contributed by atoms with van der Waals surface area (Å²) in [5.74, 6) is -2.48. The van der Waals surface area contributed by atoms with Gasteiger partial charge in [-0.15, -0.1) is 0 Å². The van der Waals surface area contributed by atoms with Crippen LogP contribution in [0.1, 0.15) is 31.2 Å². The maximum atomic E-state index is 13.4. The Labute approximate surface area is 188 Å². The molecule has 178 valence electrons. The molecule has 1 aromatic heterocycles. The first-order valence-corrected chi connectivity index (χ1v) is 10.5. The third kappa shape index (κ3) is 5.78. The van der Waals surface area contributed by atoms with Crippen molar-refractivity contribution in [3.05, 3.63) is 48.2 Å². The van der Waals surface area contributed by atoms with Gasteiger partial charge < -0.3 is 15.7 Å². The van der Waals surface area contributed by atoms with Gasteiger partial charge in [0.25, 0.3) is 5.91 Å². The second-order valence-electron chi connectivity index (χ2n) is 7.89. The Bertz CT molecular complexity index is 963. The largest absolute Gasteiger partial charge is 0.395 e. The Morgan fingerprint density at radius 1 is 1.27 bits per heavy atom. The van der Waals surface area contributed by atoms with Gasteiger partial charge in [0.05, 0.1) is 19.6 Å². The number of fused-ring (bicyclic) bond motifs is 3. The van der Waals surface area contributed by atoms with E-state index >= 15 is 0 Å². The van der Waals surface area contributed by atoms with Crippen LogP contribution >= 0.6 is 0 Å². The molecule has 3 N–H and O–H groups in total. The van der Waals surface area contributed by atoms with Crippen LogP contribution in [-0.4, -0.2) is 59.2 Å². The molecule has 0 saturated carbocycles. The van der Waals surface area contributed by atoms with E-state index in [-0.39, 0.29) is 19.1 Å². The highest BCUT2D eigenvalue weighted by atomic mass is 19.4. The second-order valence-corrected chi connectivity index (χ2v) is 7.89. The van der Waals surface area contributed by atoms with Crippen molar-refractivity contribution in [2.75, 3.05) is 18.1 Å². The van der Waals surface area contributed by atoms with Crippen molar-refractivity contribution >= 4 is 23.5 Å². The number of β-amino-alcohol motifs (C(OH)–C–C–N with tert-alkyl or cyclic N) is 1. The second kappa shape index (κ2) is 10.2. The maximum absolute atomic E-state index is 13.4. The van der Waals surface area contributed by atoms with Gasteiger partial charge in [0.1, 0.15) is 17.9 Å². The molecule has 1 aliphatic heterocycles. The number of anilines is 1. The molecule has 2 aliphatic rings. The normalized spacial score (nSPS) is 22.8. The summed E-state index contributed by atoms with van der Waals surface area (Å²) in [7, 11) is 0. The topological polar surface area (TPSA) is 112 Å². The lowest BCUT2D eigenvalue weighted by atomic mass is 9.79. The van der Waals surface area contributed by atoms with Gasteiger partial charge in [0.2, 0.25) is 11.8 Å². The van der Waals surface area contributed by atoms with Crippen molar-refractivity contribution in [1.29, 1.82) is 0 Å². The van der Waals surface area contributed by atoms with E-state index < -0.39 is 54.7 Å². The van der Waals surface area contributed by atoms with Gasteiger partial charge in [0, 0.05) is 30.0 Å². The van der Waals surface area contributed by atoms with E-state index in [9.17, 15) is 32.7 Å². The Kier molecular flexibility index (Phi) is 7.52. The zero-order chi connectivity index (χ0) is 24.2. The van der Waals surface area contributed by atoms with Crippen molar-refractivity contribution in [2.24, 2.45) is 5.92 Å². The number of amides is 3. The van der Waals surface area contributed by atoms with Gasteiger partial charge in [-0.25, -0.2) is 4.98 Å². The molecule has 0 aromatic carbocycles. The first-order chi connectivity index (χ1) is 15.6. The van der Waals surface area contributed by atoms with Gasteiger partial charge in [-0.2, -0.15) is 13.2 Å². The van der Waals surface area contributed by atoms with Crippen molar-refractivity contribution in [2.45, 2.75) is 43.9 Å². The van der Waals surface area contributed by atoms with Crippen LogP contribution in [0, 0.1) is 5.92 Å². The number of allylic oxidation sites excluding steroid dienone is 3. The number of aromatic nitrogens is 1. The van der Waals surface area contributed by atoms with Crippen molar-refractivity contribution < 1.29 is 32.7 Å². The maximum Gasteiger partial charge on any atom is 0.389 e. The summed E-state index contributed by atoms with van der Waals surface area (Å²) in [6.07, 6.45) is 2.22.